The first kappa shape index (κ1) is 16.6. The van der Waals surface area contributed by atoms with E-state index in [0.29, 0.717) is 5.84 Å². The van der Waals surface area contributed by atoms with E-state index in [9.17, 15) is 0 Å². The van der Waals surface area contributed by atoms with Gasteiger partial charge in [-0.15, -0.1) is 0 Å². The molecule has 2 N–H and O–H groups in total. The molecule has 68 valence electrons. The number of nitrogens with two attached hydrogens (primary N) is 1. The molecule has 0 saturated heterocycles. The van der Waals surface area contributed by atoms with Gasteiger partial charge in [-0.25, -0.2) is 4.99 Å². The summed E-state index contributed by atoms with van der Waals surface area (Å²) in [6, 6.07) is 0. The Morgan fingerprint density at radius 3 is 1.64 bits per heavy atom. The summed E-state index contributed by atoms with van der Waals surface area (Å²) in [5, 5.41) is 0. The normalized spacial score (nSPS) is 9.45. The second-order valence-electron chi connectivity index (χ2n) is 1.05. The van der Waals surface area contributed by atoms with Crippen molar-refractivity contribution in [2.45, 2.75) is 34.6 Å². The zero-order valence-electron chi connectivity index (χ0n) is 8.55. The Labute approximate surface area is 70.4 Å². The third kappa shape index (κ3) is 27.2. The molecule has 0 aliphatic heterocycles. The summed E-state index contributed by atoms with van der Waals surface area (Å²) in [6.07, 6.45) is 1.22. The van der Waals surface area contributed by atoms with Gasteiger partial charge in [0, 0.05) is 7.05 Å². The summed E-state index contributed by atoms with van der Waals surface area (Å²) in [6.45, 7) is 9.78. The highest BCUT2D eigenvalue weighted by molar-refractivity contribution is 5.86. The zero-order chi connectivity index (χ0) is 9.70. The Morgan fingerprint density at radius 2 is 1.55 bits per heavy atom. The molecule has 0 aromatic carbocycles. The van der Waals surface area contributed by atoms with Crippen molar-refractivity contribution in [3.8, 4) is 0 Å². The largest absolute Gasteiger partial charge is 0.390 e. The number of amidine groups is 1. The third-order valence-corrected chi connectivity index (χ3v) is 0.585. The molecule has 0 fully saturated rings. The van der Waals surface area contributed by atoms with Crippen molar-refractivity contribution in [2.75, 3.05) is 7.05 Å². The average molecular weight is 159 g/mol. The Balaban J connectivity index is -0.000000138. The van der Waals surface area contributed by atoms with Gasteiger partial charge >= 0.3 is 0 Å². The monoisotopic (exact) mass is 159 g/mol. The van der Waals surface area contributed by atoms with Crippen LogP contribution in [0.15, 0.2) is 9.98 Å². The van der Waals surface area contributed by atoms with E-state index in [2.05, 4.69) is 9.98 Å². The van der Waals surface area contributed by atoms with Crippen LogP contribution in [0.25, 0.3) is 0 Å². The van der Waals surface area contributed by atoms with Crippen molar-refractivity contribution < 1.29 is 0 Å². The number of nitrogens with zero attached hydrogens (tertiary/aromatic N) is 2. The van der Waals surface area contributed by atoms with Crippen molar-refractivity contribution in [3.05, 3.63) is 0 Å². The van der Waals surface area contributed by atoms with E-state index in [-0.39, 0.29) is 0 Å². The van der Waals surface area contributed by atoms with Crippen LogP contribution in [0.4, 0.5) is 0 Å². The third-order valence-electron chi connectivity index (χ3n) is 0.585. The maximum Gasteiger partial charge on any atom is 0.121 e. The van der Waals surface area contributed by atoms with Crippen LogP contribution in [-0.2, 0) is 0 Å². The van der Waals surface area contributed by atoms with Crippen molar-refractivity contribution >= 4 is 12.2 Å². The van der Waals surface area contributed by atoms with Gasteiger partial charge in [0.2, 0.25) is 0 Å². The van der Waals surface area contributed by atoms with Crippen LogP contribution < -0.4 is 5.73 Å². The van der Waals surface area contributed by atoms with Crippen molar-refractivity contribution in [1.82, 2.24) is 0 Å². The minimum atomic E-state index is 0.697. The molecule has 0 aliphatic carbocycles. The summed E-state index contributed by atoms with van der Waals surface area (Å²) in [4.78, 5) is 7.36. The van der Waals surface area contributed by atoms with Crippen LogP contribution in [0, 0.1) is 0 Å². The van der Waals surface area contributed by atoms with E-state index in [0.717, 1.165) is 0 Å². The maximum atomic E-state index is 4.93. The molecule has 0 amide bonds. The molecule has 11 heavy (non-hydrogen) atoms. The van der Waals surface area contributed by atoms with E-state index in [1.54, 1.807) is 14.0 Å². The molecule has 3 nitrogen and oxygen atoms in total. The fourth-order valence-corrected chi connectivity index (χ4v) is 0.166. The quantitative estimate of drug-likeness (QED) is 0.427. The molecule has 0 spiro atoms. The number of hydrogen-bond acceptors (Lipinski definition) is 1. The first-order chi connectivity index (χ1) is 5.31. The molecule has 0 radical (unpaired) electrons. The maximum absolute atomic E-state index is 4.93. The molecular formula is C8H21N3. The summed E-state index contributed by atoms with van der Waals surface area (Å²) in [5.41, 5.74) is 4.93. The highest BCUT2D eigenvalue weighted by atomic mass is 14.9. The number of hydrogen-bond donors (Lipinski definition) is 1. The molecule has 0 saturated carbocycles. The molecule has 0 heterocycles. The molecule has 0 atom stereocenters. The molecular weight excluding hydrogens is 138 g/mol. The zero-order valence-corrected chi connectivity index (χ0v) is 8.55. The van der Waals surface area contributed by atoms with Crippen LogP contribution in [0.2, 0.25) is 0 Å². The van der Waals surface area contributed by atoms with E-state index in [1.807, 2.05) is 27.7 Å². The average Bonchev–Trinajstić information content (AvgIpc) is 2.12. The van der Waals surface area contributed by atoms with Crippen LogP contribution >= 0.6 is 0 Å². The molecule has 3 heteroatoms. The first-order valence-electron chi connectivity index (χ1n) is 3.99. The second kappa shape index (κ2) is 22.9. The summed E-state index contributed by atoms with van der Waals surface area (Å²) >= 11 is 0. The van der Waals surface area contributed by atoms with Crippen molar-refractivity contribution in [3.63, 3.8) is 0 Å². The van der Waals surface area contributed by atoms with Crippen LogP contribution in [0.3, 0.4) is 0 Å². The van der Waals surface area contributed by atoms with Gasteiger partial charge in [-0.05, 0) is 6.92 Å². The first-order valence-corrected chi connectivity index (χ1v) is 3.99. The van der Waals surface area contributed by atoms with Gasteiger partial charge in [-0.1, -0.05) is 27.7 Å². The predicted molar refractivity (Wildman–Crippen MR) is 54.4 cm³/mol. The van der Waals surface area contributed by atoms with Crippen LogP contribution in [0.5, 0.6) is 0 Å². The van der Waals surface area contributed by atoms with Gasteiger partial charge in [0.05, 0.1) is 6.34 Å². The molecule has 0 unspecified atom stereocenters. The lowest BCUT2D eigenvalue weighted by Crippen LogP contribution is -1.93. The molecule has 0 bridgehead atoms. The fourth-order valence-electron chi connectivity index (χ4n) is 0.166. The van der Waals surface area contributed by atoms with Gasteiger partial charge in [-0.2, -0.15) is 0 Å². The number of rotatable bonds is 0. The molecule has 0 aromatic heterocycles. The van der Waals surface area contributed by atoms with Gasteiger partial charge in [-0.3, -0.25) is 4.99 Å². The highest BCUT2D eigenvalue weighted by Crippen LogP contribution is 1.70. The molecule has 0 aromatic rings. The van der Waals surface area contributed by atoms with E-state index < -0.39 is 0 Å². The summed E-state index contributed by atoms with van der Waals surface area (Å²) in [7, 11) is 1.67. The number of aliphatic imine (C=N–C) groups is 2. The molecule has 0 rings (SSSR count). The Morgan fingerprint density at radius 1 is 1.18 bits per heavy atom. The minimum absolute atomic E-state index is 0.697. The summed E-state index contributed by atoms with van der Waals surface area (Å²) < 4.78 is 0. The van der Waals surface area contributed by atoms with Gasteiger partial charge in [0.25, 0.3) is 0 Å². The minimum Gasteiger partial charge on any atom is -0.390 e. The Hall–Kier alpha value is -0.860. The van der Waals surface area contributed by atoms with E-state index in [4.69, 9.17) is 5.73 Å². The Kier molecular flexibility index (Phi) is 34.6. The van der Waals surface area contributed by atoms with Gasteiger partial charge in [0.15, 0.2) is 0 Å². The van der Waals surface area contributed by atoms with Crippen LogP contribution in [0.1, 0.15) is 34.6 Å². The standard InChI is InChI=1S/C4H9N3.2C2H6/c1-4(6-2)7-3-5;2*1-2/h3H,1-2H3,(H2,5,6,7);2*1-2H3. The molecule has 0 aliphatic rings. The SMILES string of the molecule is CC.CC.CN=C(C)N=CN. The van der Waals surface area contributed by atoms with Crippen molar-refractivity contribution in [1.29, 1.82) is 0 Å². The van der Waals surface area contributed by atoms with Crippen molar-refractivity contribution in [2.24, 2.45) is 15.7 Å². The lowest BCUT2D eigenvalue weighted by Gasteiger charge is -1.80. The van der Waals surface area contributed by atoms with E-state index >= 15 is 0 Å². The summed E-state index contributed by atoms with van der Waals surface area (Å²) in [5.74, 6) is 0.697. The fraction of sp³-hybridized carbons (Fsp3) is 0.750. The van der Waals surface area contributed by atoms with Crippen LogP contribution in [-0.4, -0.2) is 19.2 Å². The lowest BCUT2D eigenvalue weighted by molar-refractivity contribution is 1.38. The topological polar surface area (TPSA) is 50.7 Å². The van der Waals surface area contributed by atoms with Gasteiger partial charge in [0.1, 0.15) is 5.84 Å². The van der Waals surface area contributed by atoms with E-state index in [1.165, 1.54) is 6.34 Å². The Bertz CT molecular complexity index is 95.5. The van der Waals surface area contributed by atoms with Gasteiger partial charge < -0.3 is 5.73 Å². The smallest absolute Gasteiger partial charge is 0.121 e. The highest BCUT2D eigenvalue weighted by Gasteiger charge is 1.72. The second-order valence-corrected chi connectivity index (χ2v) is 1.05. The predicted octanol–water partition coefficient (Wildman–Crippen LogP) is 2.07. The lowest BCUT2D eigenvalue weighted by atomic mass is 10.7.